The first-order valence-electron chi connectivity index (χ1n) is 5.81. The molecule has 1 aromatic rings. The number of ketones is 1. The van der Waals surface area contributed by atoms with Crippen LogP contribution in [0.3, 0.4) is 0 Å². The lowest BCUT2D eigenvalue weighted by Gasteiger charge is -2.11. The maximum Gasteiger partial charge on any atom is 0.160 e. The molecule has 0 aliphatic carbocycles. The SMILES string of the molecule is CCCCOc1cc(C)c(C(C)=O)c(C)c1. The van der Waals surface area contributed by atoms with Gasteiger partial charge in [0.05, 0.1) is 6.61 Å². The summed E-state index contributed by atoms with van der Waals surface area (Å²) in [4.78, 5) is 11.4. The van der Waals surface area contributed by atoms with Crippen LogP contribution in [-0.2, 0) is 0 Å². The maximum absolute atomic E-state index is 11.4. The Labute approximate surface area is 97.6 Å². The highest BCUT2D eigenvalue weighted by Crippen LogP contribution is 2.22. The van der Waals surface area contributed by atoms with Gasteiger partial charge in [-0.2, -0.15) is 0 Å². The van der Waals surface area contributed by atoms with E-state index in [0.717, 1.165) is 41.9 Å². The monoisotopic (exact) mass is 220 g/mol. The Kier molecular flexibility index (Phi) is 4.53. The standard InChI is InChI=1S/C14H20O2/c1-5-6-7-16-13-8-10(2)14(12(4)15)11(3)9-13/h8-9H,5-7H2,1-4H3. The van der Waals surface area contributed by atoms with Crippen LogP contribution in [0.5, 0.6) is 5.75 Å². The smallest absolute Gasteiger partial charge is 0.160 e. The Bertz CT molecular complexity index is 357. The number of hydrogen-bond acceptors (Lipinski definition) is 2. The van der Waals surface area contributed by atoms with E-state index in [9.17, 15) is 4.79 Å². The average molecular weight is 220 g/mol. The molecular weight excluding hydrogens is 200 g/mol. The summed E-state index contributed by atoms with van der Waals surface area (Å²) >= 11 is 0. The second-order valence-corrected chi connectivity index (χ2v) is 4.19. The van der Waals surface area contributed by atoms with Gasteiger partial charge in [-0.1, -0.05) is 13.3 Å². The highest BCUT2D eigenvalue weighted by molar-refractivity contribution is 5.97. The lowest BCUT2D eigenvalue weighted by atomic mass is 9.99. The Morgan fingerprint density at radius 2 is 1.81 bits per heavy atom. The van der Waals surface area contributed by atoms with Crippen LogP contribution in [0.15, 0.2) is 12.1 Å². The number of ether oxygens (including phenoxy) is 1. The van der Waals surface area contributed by atoms with Gasteiger partial charge in [0, 0.05) is 5.56 Å². The highest BCUT2D eigenvalue weighted by atomic mass is 16.5. The van der Waals surface area contributed by atoms with Crippen molar-refractivity contribution < 1.29 is 9.53 Å². The summed E-state index contributed by atoms with van der Waals surface area (Å²) in [6.07, 6.45) is 2.19. The van der Waals surface area contributed by atoms with Crippen LogP contribution in [0.25, 0.3) is 0 Å². The van der Waals surface area contributed by atoms with E-state index in [1.165, 1.54) is 0 Å². The molecule has 0 amide bonds. The predicted molar refractivity (Wildman–Crippen MR) is 66.3 cm³/mol. The Morgan fingerprint density at radius 1 is 1.25 bits per heavy atom. The first-order valence-corrected chi connectivity index (χ1v) is 5.81. The zero-order valence-corrected chi connectivity index (χ0v) is 10.6. The first kappa shape index (κ1) is 12.8. The fourth-order valence-electron chi connectivity index (χ4n) is 1.90. The van der Waals surface area contributed by atoms with Gasteiger partial charge < -0.3 is 4.74 Å². The van der Waals surface area contributed by atoms with Gasteiger partial charge in [-0.05, 0) is 50.5 Å². The summed E-state index contributed by atoms with van der Waals surface area (Å²) < 4.78 is 5.63. The molecule has 0 aromatic heterocycles. The summed E-state index contributed by atoms with van der Waals surface area (Å²) in [5.41, 5.74) is 2.82. The molecule has 0 atom stereocenters. The van der Waals surface area contributed by atoms with Crippen LogP contribution in [0.1, 0.15) is 48.2 Å². The Morgan fingerprint density at radius 3 is 2.25 bits per heavy atom. The predicted octanol–water partition coefficient (Wildman–Crippen LogP) is 3.68. The maximum atomic E-state index is 11.4. The van der Waals surface area contributed by atoms with Gasteiger partial charge in [0.15, 0.2) is 5.78 Å². The van der Waals surface area contributed by atoms with Gasteiger partial charge in [0.25, 0.3) is 0 Å². The van der Waals surface area contributed by atoms with E-state index in [4.69, 9.17) is 4.74 Å². The van der Waals surface area contributed by atoms with Crippen LogP contribution in [0.2, 0.25) is 0 Å². The van der Waals surface area contributed by atoms with Gasteiger partial charge in [-0.3, -0.25) is 4.79 Å². The van der Waals surface area contributed by atoms with Crippen molar-refractivity contribution in [2.75, 3.05) is 6.61 Å². The normalized spacial score (nSPS) is 10.2. The van der Waals surface area contributed by atoms with E-state index < -0.39 is 0 Å². The number of benzene rings is 1. The molecule has 0 aliphatic rings. The van der Waals surface area contributed by atoms with E-state index >= 15 is 0 Å². The number of carbonyl (C=O) groups excluding carboxylic acids is 1. The molecule has 0 N–H and O–H groups in total. The minimum Gasteiger partial charge on any atom is -0.494 e. The third kappa shape index (κ3) is 3.09. The van der Waals surface area contributed by atoms with Gasteiger partial charge in [0.2, 0.25) is 0 Å². The topological polar surface area (TPSA) is 26.3 Å². The van der Waals surface area contributed by atoms with E-state index in [1.54, 1.807) is 6.92 Å². The zero-order chi connectivity index (χ0) is 12.1. The molecule has 0 saturated carbocycles. The molecule has 2 heteroatoms. The van der Waals surface area contributed by atoms with Crippen LogP contribution in [0.4, 0.5) is 0 Å². The molecule has 0 spiro atoms. The van der Waals surface area contributed by atoms with Crippen LogP contribution in [0, 0.1) is 13.8 Å². The minimum atomic E-state index is 0.120. The van der Waals surface area contributed by atoms with Crippen molar-refractivity contribution in [2.45, 2.75) is 40.5 Å². The van der Waals surface area contributed by atoms with Crippen molar-refractivity contribution in [3.05, 3.63) is 28.8 Å². The summed E-state index contributed by atoms with van der Waals surface area (Å²) in [6, 6.07) is 3.89. The van der Waals surface area contributed by atoms with E-state index in [-0.39, 0.29) is 5.78 Å². The lowest BCUT2D eigenvalue weighted by molar-refractivity contribution is 0.101. The molecule has 16 heavy (non-hydrogen) atoms. The molecule has 1 rings (SSSR count). The summed E-state index contributed by atoms with van der Waals surface area (Å²) in [5, 5.41) is 0. The molecule has 88 valence electrons. The third-order valence-electron chi connectivity index (χ3n) is 2.62. The molecule has 2 nitrogen and oxygen atoms in total. The second kappa shape index (κ2) is 5.69. The van der Waals surface area contributed by atoms with Crippen LogP contribution >= 0.6 is 0 Å². The molecular formula is C14H20O2. The molecule has 0 fully saturated rings. The number of unbranched alkanes of at least 4 members (excludes halogenated alkanes) is 1. The quantitative estimate of drug-likeness (QED) is 0.559. The number of Topliss-reactive ketones (excluding diaryl/α,β-unsaturated/α-hetero) is 1. The lowest BCUT2D eigenvalue weighted by Crippen LogP contribution is -2.02. The van der Waals surface area contributed by atoms with Crippen molar-refractivity contribution in [1.29, 1.82) is 0 Å². The van der Waals surface area contributed by atoms with Gasteiger partial charge in [0.1, 0.15) is 5.75 Å². The van der Waals surface area contributed by atoms with Gasteiger partial charge >= 0.3 is 0 Å². The summed E-state index contributed by atoms with van der Waals surface area (Å²) in [6.45, 7) is 8.40. The zero-order valence-electron chi connectivity index (χ0n) is 10.6. The fraction of sp³-hybridized carbons (Fsp3) is 0.500. The number of hydrogen-bond donors (Lipinski definition) is 0. The summed E-state index contributed by atoms with van der Waals surface area (Å²) in [7, 11) is 0. The van der Waals surface area contributed by atoms with Gasteiger partial charge in [-0.15, -0.1) is 0 Å². The summed E-state index contributed by atoms with van der Waals surface area (Å²) in [5.74, 6) is 0.989. The largest absolute Gasteiger partial charge is 0.494 e. The van der Waals surface area contributed by atoms with Crippen LogP contribution < -0.4 is 4.74 Å². The third-order valence-corrected chi connectivity index (χ3v) is 2.62. The molecule has 0 saturated heterocycles. The van der Waals surface area contributed by atoms with E-state index in [1.807, 2.05) is 26.0 Å². The first-order chi connectivity index (χ1) is 7.56. The minimum absolute atomic E-state index is 0.120. The Balaban J connectivity index is 2.87. The molecule has 0 unspecified atom stereocenters. The number of carbonyl (C=O) groups is 1. The molecule has 0 aliphatic heterocycles. The second-order valence-electron chi connectivity index (χ2n) is 4.19. The highest BCUT2D eigenvalue weighted by Gasteiger charge is 2.09. The molecule has 0 radical (unpaired) electrons. The van der Waals surface area contributed by atoms with Gasteiger partial charge in [-0.25, -0.2) is 0 Å². The van der Waals surface area contributed by atoms with Crippen molar-refractivity contribution in [3.63, 3.8) is 0 Å². The molecule has 1 aromatic carbocycles. The van der Waals surface area contributed by atoms with Crippen molar-refractivity contribution >= 4 is 5.78 Å². The van der Waals surface area contributed by atoms with Crippen molar-refractivity contribution in [2.24, 2.45) is 0 Å². The van der Waals surface area contributed by atoms with E-state index in [0.29, 0.717) is 0 Å². The number of rotatable bonds is 5. The van der Waals surface area contributed by atoms with E-state index in [2.05, 4.69) is 6.92 Å². The molecule has 0 heterocycles. The number of aryl methyl sites for hydroxylation is 2. The molecule has 0 bridgehead atoms. The Hall–Kier alpha value is -1.31. The fourth-order valence-corrected chi connectivity index (χ4v) is 1.90. The van der Waals surface area contributed by atoms with Crippen molar-refractivity contribution in [1.82, 2.24) is 0 Å². The van der Waals surface area contributed by atoms with Crippen molar-refractivity contribution in [3.8, 4) is 5.75 Å². The van der Waals surface area contributed by atoms with Crippen LogP contribution in [-0.4, -0.2) is 12.4 Å². The average Bonchev–Trinajstić information content (AvgIpc) is 2.16.